The highest BCUT2D eigenvalue weighted by molar-refractivity contribution is 7.92. The lowest BCUT2D eigenvalue weighted by Crippen LogP contribution is -2.48. The third-order valence-corrected chi connectivity index (χ3v) is 8.13. The van der Waals surface area contributed by atoms with Crippen molar-refractivity contribution in [3.8, 4) is 0 Å². The fourth-order valence-electron chi connectivity index (χ4n) is 4.75. The van der Waals surface area contributed by atoms with Crippen molar-refractivity contribution in [1.29, 1.82) is 0 Å². The minimum absolute atomic E-state index is 0.0199. The van der Waals surface area contributed by atoms with E-state index in [2.05, 4.69) is 41.4 Å². The number of aryl methyl sites for hydroxylation is 2. The molecule has 2 heterocycles. The van der Waals surface area contributed by atoms with Gasteiger partial charge in [-0.3, -0.25) is 9.10 Å². The number of nitrogens with zero attached hydrogens (tertiary/aromatic N) is 2. The number of esters is 1. The van der Waals surface area contributed by atoms with Crippen LogP contribution in [0.3, 0.4) is 0 Å². The summed E-state index contributed by atoms with van der Waals surface area (Å²) in [4.78, 5) is 17.6. The van der Waals surface area contributed by atoms with E-state index >= 15 is 0 Å². The van der Waals surface area contributed by atoms with Crippen molar-refractivity contribution in [2.75, 3.05) is 17.6 Å². The number of ether oxygens (including phenoxy) is 1. The van der Waals surface area contributed by atoms with Crippen LogP contribution in [0.25, 0.3) is 0 Å². The van der Waals surface area contributed by atoms with Crippen LogP contribution in [0.4, 0.5) is 5.82 Å². The maximum absolute atomic E-state index is 12.9. The molecule has 0 amide bonds. The molecule has 0 aliphatic carbocycles. The first-order valence-corrected chi connectivity index (χ1v) is 14.4. The van der Waals surface area contributed by atoms with Gasteiger partial charge in [0.25, 0.3) is 0 Å². The van der Waals surface area contributed by atoms with Gasteiger partial charge in [0.1, 0.15) is 18.0 Å². The van der Waals surface area contributed by atoms with E-state index in [0.717, 1.165) is 41.1 Å². The average Bonchev–Trinajstić information content (AvgIpc) is 2.86. The molecule has 7 nitrogen and oxygen atoms in total. The number of fused-ring (bicyclic) bond motifs is 4. The van der Waals surface area contributed by atoms with Crippen molar-refractivity contribution in [3.05, 3.63) is 94.7 Å². The zero-order valence-electron chi connectivity index (χ0n) is 21.7. The molecule has 2 atom stereocenters. The third-order valence-electron chi connectivity index (χ3n) is 6.95. The minimum Gasteiger partial charge on any atom is -0.459 e. The first-order valence-electron chi connectivity index (χ1n) is 12.5. The van der Waals surface area contributed by atoms with Gasteiger partial charge in [0.2, 0.25) is 10.0 Å². The van der Waals surface area contributed by atoms with Gasteiger partial charge in [0.15, 0.2) is 0 Å². The maximum Gasteiger partial charge on any atom is 0.326 e. The number of anilines is 1. The summed E-state index contributed by atoms with van der Waals surface area (Å²) in [6, 6.07) is 22.2. The number of carbonyl (C=O) groups is 1. The summed E-state index contributed by atoms with van der Waals surface area (Å²) in [5.74, 6) is 0.0938. The van der Waals surface area contributed by atoms with Gasteiger partial charge >= 0.3 is 5.97 Å². The summed E-state index contributed by atoms with van der Waals surface area (Å²) in [6.07, 6.45) is 4.83. The molecule has 0 spiro atoms. The Morgan fingerprint density at radius 2 is 1.68 bits per heavy atom. The summed E-state index contributed by atoms with van der Waals surface area (Å²) in [7, 11) is -2.04. The summed E-state index contributed by atoms with van der Waals surface area (Å²) >= 11 is 0. The number of hydrogen-bond donors (Lipinski definition) is 1. The van der Waals surface area contributed by atoms with Crippen molar-refractivity contribution in [2.24, 2.45) is 5.73 Å². The van der Waals surface area contributed by atoms with Gasteiger partial charge in [-0.15, -0.1) is 0 Å². The standard InChI is InChI=1S/C29H35N3O4S/c1-29(30)19-22-9-7-8-21(16-22)12-13-25(24-10-5-4-6-11-24)14-15-26-17-23(20-36-28(29)33)18-27(31-26)32(2)37(3,34)35/h4-11,16-18,25H,12-15,19-20,30H2,1-3H3/t25?,29-/m1/s1. The molecule has 1 aromatic heterocycles. The molecule has 4 rings (SSSR count). The molecule has 2 N–H and O–H groups in total. The van der Waals surface area contributed by atoms with E-state index in [1.807, 2.05) is 24.3 Å². The zero-order valence-corrected chi connectivity index (χ0v) is 22.5. The molecular formula is C29H35N3O4S. The summed E-state index contributed by atoms with van der Waals surface area (Å²) < 4.78 is 31.2. The smallest absolute Gasteiger partial charge is 0.326 e. The Balaban J connectivity index is 1.72. The van der Waals surface area contributed by atoms with E-state index in [4.69, 9.17) is 10.5 Å². The Hall–Kier alpha value is -3.23. The van der Waals surface area contributed by atoms with E-state index in [0.29, 0.717) is 30.1 Å². The predicted molar refractivity (Wildman–Crippen MR) is 146 cm³/mol. The lowest BCUT2D eigenvalue weighted by atomic mass is 9.87. The van der Waals surface area contributed by atoms with Crippen LogP contribution in [0.5, 0.6) is 0 Å². The first kappa shape index (κ1) is 26.8. The molecule has 4 bridgehead atoms. The lowest BCUT2D eigenvalue weighted by Gasteiger charge is -2.24. The fraction of sp³-hybridized carbons (Fsp3) is 0.379. The molecule has 2 aromatic carbocycles. The Morgan fingerprint density at radius 3 is 2.41 bits per heavy atom. The van der Waals surface area contributed by atoms with Crippen molar-refractivity contribution in [2.45, 2.75) is 57.1 Å². The predicted octanol–water partition coefficient (Wildman–Crippen LogP) is 4.14. The third kappa shape index (κ3) is 6.96. The second-order valence-electron chi connectivity index (χ2n) is 10.2. The highest BCUT2D eigenvalue weighted by atomic mass is 32.2. The van der Waals surface area contributed by atoms with Gasteiger partial charge < -0.3 is 10.5 Å². The highest BCUT2D eigenvalue weighted by Gasteiger charge is 2.31. The molecule has 37 heavy (non-hydrogen) atoms. The van der Waals surface area contributed by atoms with Crippen molar-refractivity contribution in [3.63, 3.8) is 0 Å². The maximum atomic E-state index is 12.9. The van der Waals surface area contributed by atoms with Crippen molar-refractivity contribution < 1.29 is 17.9 Å². The number of carbonyl (C=O) groups excluding carboxylic acids is 1. The molecule has 3 aromatic rings. The van der Waals surface area contributed by atoms with Crippen LogP contribution in [0.2, 0.25) is 0 Å². The fourth-order valence-corrected chi connectivity index (χ4v) is 5.18. The number of pyridine rings is 1. The molecule has 8 heteroatoms. The van der Waals surface area contributed by atoms with Crippen LogP contribution in [0, 0.1) is 0 Å². The Morgan fingerprint density at radius 1 is 0.973 bits per heavy atom. The highest BCUT2D eigenvalue weighted by Crippen LogP contribution is 2.29. The molecule has 1 aliphatic rings. The molecule has 0 fully saturated rings. The van der Waals surface area contributed by atoms with Crippen LogP contribution in [-0.4, -0.2) is 38.2 Å². The van der Waals surface area contributed by atoms with Gasteiger partial charge in [0, 0.05) is 19.2 Å². The number of nitrogens with two attached hydrogens (primary N) is 1. The van der Waals surface area contributed by atoms with Gasteiger partial charge in [-0.1, -0.05) is 54.6 Å². The number of cyclic esters (lactones) is 1. The van der Waals surface area contributed by atoms with Crippen molar-refractivity contribution >= 4 is 21.8 Å². The number of hydrogen-bond acceptors (Lipinski definition) is 6. The number of aromatic nitrogens is 1. The molecular weight excluding hydrogens is 486 g/mol. The first-order chi connectivity index (χ1) is 17.5. The average molecular weight is 522 g/mol. The van der Waals surface area contributed by atoms with E-state index in [1.165, 1.54) is 18.2 Å². The SMILES string of the molecule is CN(c1cc2cc(n1)CCC(c1ccccc1)CCc1cccc(c1)C[C@@](C)(N)C(=O)OC2)S(C)(=O)=O. The summed E-state index contributed by atoms with van der Waals surface area (Å²) in [5.41, 5.74) is 10.1. The zero-order chi connectivity index (χ0) is 26.6. The van der Waals surface area contributed by atoms with Crippen molar-refractivity contribution in [1.82, 2.24) is 4.98 Å². The van der Waals surface area contributed by atoms with E-state index in [9.17, 15) is 13.2 Å². The monoisotopic (exact) mass is 521 g/mol. The van der Waals surface area contributed by atoms with Crippen LogP contribution in [0.15, 0.2) is 66.7 Å². The lowest BCUT2D eigenvalue weighted by molar-refractivity contribution is -0.150. The topological polar surface area (TPSA) is 103 Å². The molecule has 0 saturated carbocycles. The van der Waals surface area contributed by atoms with Crippen LogP contribution < -0.4 is 10.0 Å². The number of rotatable bonds is 3. The Kier molecular flexibility index (Phi) is 7.99. The Labute approximate surface area is 219 Å². The minimum atomic E-state index is -3.51. The molecule has 0 saturated heterocycles. The summed E-state index contributed by atoms with van der Waals surface area (Å²) in [6.45, 7) is 1.66. The van der Waals surface area contributed by atoms with Crippen LogP contribution in [0.1, 0.15) is 53.6 Å². The number of benzene rings is 2. The second-order valence-corrected chi connectivity index (χ2v) is 12.2. The van der Waals surface area contributed by atoms with E-state index in [-0.39, 0.29) is 6.61 Å². The quantitative estimate of drug-likeness (QED) is 0.520. The van der Waals surface area contributed by atoms with Gasteiger partial charge in [-0.05, 0) is 72.9 Å². The molecule has 0 radical (unpaired) electrons. The number of sulfonamides is 1. The Bertz CT molecular complexity index is 1360. The molecule has 1 unspecified atom stereocenters. The second kappa shape index (κ2) is 11.0. The van der Waals surface area contributed by atoms with E-state index in [1.54, 1.807) is 13.0 Å². The van der Waals surface area contributed by atoms with Gasteiger partial charge in [-0.2, -0.15) is 0 Å². The van der Waals surface area contributed by atoms with Gasteiger partial charge in [-0.25, -0.2) is 13.4 Å². The molecule has 196 valence electrons. The normalized spacial score (nSPS) is 21.2. The van der Waals surface area contributed by atoms with Crippen LogP contribution >= 0.6 is 0 Å². The van der Waals surface area contributed by atoms with E-state index < -0.39 is 21.5 Å². The summed E-state index contributed by atoms with van der Waals surface area (Å²) in [5, 5.41) is 0. The van der Waals surface area contributed by atoms with Crippen LogP contribution in [-0.2, 0) is 45.4 Å². The van der Waals surface area contributed by atoms with Gasteiger partial charge in [0.05, 0.1) is 6.26 Å². The molecule has 1 aliphatic heterocycles. The largest absolute Gasteiger partial charge is 0.459 e.